The van der Waals surface area contributed by atoms with Gasteiger partial charge in [-0.1, -0.05) is 12.1 Å². The monoisotopic (exact) mass is 337 g/mol. The van der Waals surface area contributed by atoms with Gasteiger partial charge in [0.15, 0.2) is 0 Å². The Morgan fingerprint density at radius 3 is 1.54 bits per heavy atom. The molecule has 0 radical (unpaired) electrons. The SMILES string of the molecule is N#Cc1cccc(Oc2cccc(Oc3cc(C#N)cc(C#N)c3)c2)c1. The van der Waals surface area contributed by atoms with Crippen LogP contribution in [0.2, 0.25) is 0 Å². The van der Waals surface area contributed by atoms with Crippen molar-refractivity contribution in [2.24, 2.45) is 0 Å². The second-order valence-electron chi connectivity index (χ2n) is 5.29. The number of hydrogen-bond donors (Lipinski definition) is 0. The molecule has 3 aromatic carbocycles. The van der Waals surface area contributed by atoms with E-state index in [0.29, 0.717) is 39.7 Å². The third-order valence-electron chi connectivity index (χ3n) is 3.40. The lowest BCUT2D eigenvalue weighted by Crippen LogP contribution is -1.89. The van der Waals surface area contributed by atoms with Gasteiger partial charge < -0.3 is 9.47 Å². The first kappa shape index (κ1) is 16.6. The molecule has 0 amide bonds. The summed E-state index contributed by atoms with van der Waals surface area (Å²) in [6.07, 6.45) is 0. The van der Waals surface area contributed by atoms with E-state index in [-0.39, 0.29) is 0 Å². The molecule has 0 atom stereocenters. The summed E-state index contributed by atoms with van der Waals surface area (Å²) in [5, 5.41) is 27.0. The van der Waals surface area contributed by atoms with Crippen LogP contribution in [-0.2, 0) is 0 Å². The molecular weight excluding hydrogens is 326 g/mol. The van der Waals surface area contributed by atoms with Crippen molar-refractivity contribution < 1.29 is 9.47 Å². The Kier molecular flexibility index (Phi) is 4.80. The second kappa shape index (κ2) is 7.53. The summed E-state index contributed by atoms with van der Waals surface area (Å²) in [6.45, 7) is 0. The second-order valence-corrected chi connectivity index (χ2v) is 5.29. The number of ether oxygens (including phenoxy) is 2. The van der Waals surface area contributed by atoms with Crippen LogP contribution >= 0.6 is 0 Å². The van der Waals surface area contributed by atoms with Gasteiger partial charge in [0.05, 0.1) is 34.9 Å². The van der Waals surface area contributed by atoms with E-state index in [1.54, 1.807) is 60.7 Å². The van der Waals surface area contributed by atoms with Crippen LogP contribution in [0.3, 0.4) is 0 Å². The molecule has 3 rings (SSSR count). The summed E-state index contributed by atoms with van der Waals surface area (Å²) < 4.78 is 11.5. The largest absolute Gasteiger partial charge is 0.457 e. The zero-order chi connectivity index (χ0) is 18.4. The molecular formula is C21H11N3O2. The molecule has 122 valence electrons. The first-order valence-electron chi connectivity index (χ1n) is 7.61. The van der Waals surface area contributed by atoms with Gasteiger partial charge >= 0.3 is 0 Å². The maximum absolute atomic E-state index is 9.04. The smallest absolute Gasteiger partial charge is 0.131 e. The average molecular weight is 337 g/mol. The lowest BCUT2D eigenvalue weighted by Gasteiger charge is -2.10. The van der Waals surface area contributed by atoms with E-state index in [1.807, 2.05) is 12.1 Å². The van der Waals surface area contributed by atoms with E-state index in [2.05, 4.69) is 6.07 Å². The summed E-state index contributed by atoms with van der Waals surface area (Å²) >= 11 is 0. The Balaban J connectivity index is 1.83. The summed E-state index contributed by atoms with van der Waals surface area (Å²) in [7, 11) is 0. The van der Waals surface area contributed by atoms with E-state index in [1.165, 1.54) is 6.07 Å². The zero-order valence-corrected chi connectivity index (χ0v) is 13.5. The van der Waals surface area contributed by atoms with Gasteiger partial charge in [-0.3, -0.25) is 0 Å². The van der Waals surface area contributed by atoms with Crippen molar-refractivity contribution in [3.05, 3.63) is 83.4 Å². The van der Waals surface area contributed by atoms with Crippen LogP contribution in [0.4, 0.5) is 0 Å². The number of benzene rings is 3. The molecule has 0 fully saturated rings. The zero-order valence-electron chi connectivity index (χ0n) is 13.5. The fourth-order valence-electron chi connectivity index (χ4n) is 2.29. The molecule has 5 nitrogen and oxygen atoms in total. The van der Waals surface area contributed by atoms with Gasteiger partial charge in [0.1, 0.15) is 23.0 Å². The Bertz CT molecular complexity index is 1050. The van der Waals surface area contributed by atoms with E-state index in [9.17, 15) is 0 Å². The van der Waals surface area contributed by atoms with Gasteiger partial charge in [0.25, 0.3) is 0 Å². The molecule has 0 aliphatic carbocycles. The normalized spacial score (nSPS) is 9.42. The summed E-state index contributed by atoms with van der Waals surface area (Å²) in [5.41, 5.74) is 1.20. The predicted molar refractivity (Wildman–Crippen MR) is 93.6 cm³/mol. The third kappa shape index (κ3) is 3.97. The van der Waals surface area contributed by atoms with Crippen molar-refractivity contribution in [1.29, 1.82) is 15.8 Å². The van der Waals surface area contributed by atoms with Gasteiger partial charge in [0.2, 0.25) is 0 Å². The van der Waals surface area contributed by atoms with E-state index < -0.39 is 0 Å². The first-order chi connectivity index (χ1) is 12.7. The average Bonchev–Trinajstić information content (AvgIpc) is 2.68. The number of rotatable bonds is 4. The molecule has 0 unspecified atom stereocenters. The minimum Gasteiger partial charge on any atom is -0.457 e. The van der Waals surface area contributed by atoms with Gasteiger partial charge in [-0.15, -0.1) is 0 Å². The van der Waals surface area contributed by atoms with E-state index in [4.69, 9.17) is 25.3 Å². The number of nitriles is 3. The highest BCUT2D eigenvalue weighted by Crippen LogP contribution is 2.29. The van der Waals surface area contributed by atoms with Crippen LogP contribution in [0.25, 0.3) is 0 Å². The number of nitrogens with zero attached hydrogens (tertiary/aromatic N) is 3. The lowest BCUT2D eigenvalue weighted by atomic mass is 10.1. The van der Waals surface area contributed by atoms with Crippen molar-refractivity contribution in [3.63, 3.8) is 0 Å². The maximum atomic E-state index is 9.04. The Morgan fingerprint density at radius 2 is 0.962 bits per heavy atom. The summed E-state index contributed by atoms with van der Waals surface area (Å²) in [5.74, 6) is 1.97. The van der Waals surface area contributed by atoms with Crippen molar-refractivity contribution in [2.45, 2.75) is 0 Å². The molecule has 0 saturated carbocycles. The molecule has 0 heterocycles. The summed E-state index contributed by atoms with van der Waals surface area (Å²) in [4.78, 5) is 0. The van der Waals surface area contributed by atoms with Gasteiger partial charge in [-0.25, -0.2) is 0 Å². The Labute approximate surface area is 150 Å². The van der Waals surface area contributed by atoms with Crippen LogP contribution in [0.15, 0.2) is 66.7 Å². The van der Waals surface area contributed by atoms with Gasteiger partial charge in [-0.2, -0.15) is 15.8 Å². The van der Waals surface area contributed by atoms with Gasteiger partial charge in [0, 0.05) is 6.07 Å². The fourth-order valence-corrected chi connectivity index (χ4v) is 2.29. The van der Waals surface area contributed by atoms with Crippen molar-refractivity contribution in [2.75, 3.05) is 0 Å². The molecule has 0 N–H and O–H groups in total. The maximum Gasteiger partial charge on any atom is 0.131 e. The van der Waals surface area contributed by atoms with Crippen LogP contribution < -0.4 is 9.47 Å². The van der Waals surface area contributed by atoms with Crippen LogP contribution in [0.5, 0.6) is 23.0 Å². The Morgan fingerprint density at radius 1 is 0.500 bits per heavy atom. The minimum absolute atomic E-state index is 0.347. The summed E-state index contributed by atoms with van der Waals surface area (Å²) in [6, 6.07) is 24.5. The topological polar surface area (TPSA) is 89.8 Å². The van der Waals surface area contributed by atoms with E-state index in [0.717, 1.165) is 0 Å². The van der Waals surface area contributed by atoms with Crippen molar-refractivity contribution >= 4 is 0 Å². The highest BCUT2D eigenvalue weighted by molar-refractivity contribution is 5.47. The van der Waals surface area contributed by atoms with Crippen LogP contribution in [0, 0.1) is 34.0 Å². The van der Waals surface area contributed by atoms with Crippen LogP contribution in [0.1, 0.15) is 16.7 Å². The van der Waals surface area contributed by atoms with Gasteiger partial charge in [-0.05, 0) is 48.5 Å². The van der Waals surface area contributed by atoms with Crippen molar-refractivity contribution in [1.82, 2.24) is 0 Å². The number of hydrogen-bond acceptors (Lipinski definition) is 5. The quantitative estimate of drug-likeness (QED) is 0.676. The van der Waals surface area contributed by atoms with E-state index >= 15 is 0 Å². The predicted octanol–water partition coefficient (Wildman–Crippen LogP) is 4.89. The molecule has 5 heteroatoms. The van der Waals surface area contributed by atoms with Crippen molar-refractivity contribution in [3.8, 4) is 41.2 Å². The molecule has 0 spiro atoms. The molecule has 0 saturated heterocycles. The molecule has 0 aromatic heterocycles. The Hall–Kier alpha value is -4.27. The molecule has 3 aromatic rings. The highest BCUT2D eigenvalue weighted by atomic mass is 16.5. The minimum atomic E-state index is 0.347. The fraction of sp³-hybridized carbons (Fsp3) is 0. The first-order valence-corrected chi connectivity index (χ1v) is 7.61. The molecule has 0 aliphatic rings. The molecule has 0 aliphatic heterocycles. The lowest BCUT2D eigenvalue weighted by molar-refractivity contribution is 0.460. The highest BCUT2D eigenvalue weighted by Gasteiger charge is 2.05. The molecule has 26 heavy (non-hydrogen) atoms. The third-order valence-corrected chi connectivity index (χ3v) is 3.40. The van der Waals surface area contributed by atoms with Crippen LogP contribution in [-0.4, -0.2) is 0 Å². The standard InChI is InChI=1S/C21H11N3O2/c22-12-15-3-1-4-18(8-15)25-19-5-2-6-20(11-19)26-21-9-16(13-23)7-17(10-21)14-24/h1-11H. The molecule has 0 bridgehead atoms.